The number of carbonyl (C=O) groups excluding carboxylic acids is 1. The minimum Gasteiger partial charge on any atom is -0.394 e. The minimum atomic E-state index is -0.140. The number of aliphatic hydroxyl groups excluding tert-OH is 1. The zero-order chi connectivity index (χ0) is 13.7. The molecule has 2 rings (SSSR count). The van der Waals surface area contributed by atoms with Crippen molar-refractivity contribution in [3.8, 4) is 0 Å². The summed E-state index contributed by atoms with van der Waals surface area (Å²) < 4.78 is 0. The Balaban J connectivity index is 1.98. The number of piperidine rings is 1. The van der Waals surface area contributed by atoms with Crippen LogP contribution in [0.4, 0.5) is 10.5 Å². The number of carbonyl (C=O) groups is 1. The molecule has 0 radical (unpaired) electrons. The SMILES string of the molecule is NCc1ccc(NC(=O)N2CCCCC2CO)cc1. The van der Waals surface area contributed by atoms with E-state index in [0.717, 1.165) is 30.5 Å². The topological polar surface area (TPSA) is 78.6 Å². The molecule has 1 aliphatic heterocycles. The first-order valence-corrected chi connectivity index (χ1v) is 6.72. The Morgan fingerprint density at radius 2 is 2.11 bits per heavy atom. The van der Waals surface area contributed by atoms with Crippen LogP contribution in [0.15, 0.2) is 24.3 Å². The number of nitrogens with one attached hydrogen (secondary N) is 1. The molecular weight excluding hydrogens is 242 g/mol. The van der Waals surface area contributed by atoms with Gasteiger partial charge >= 0.3 is 6.03 Å². The van der Waals surface area contributed by atoms with E-state index in [2.05, 4.69) is 5.32 Å². The van der Waals surface area contributed by atoms with Gasteiger partial charge in [0.25, 0.3) is 0 Å². The molecule has 0 bridgehead atoms. The number of hydrogen-bond donors (Lipinski definition) is 3. The Morgan fingerprint density at radius 1 is 1.37 bits per heavy atom. The fourth-order valence-electron chi connectivity index (χ4n) is 2.38. The van der Waals surface area contributed by atoms with E-state index in [1.54, 1.807) is 4.90 Å². The van der Waals surface area contributed by atoms with Crippen molar-refractivity contribution in [2.45, 2.75) is 31.8 Å². The number of hydrogen-bond acceptors (Lipinski definition) is 3. The van der Waals surface area contributed by atoms with Gasteiger partial charge in [0.1, 0.15) is 0 Å². The van der Waals surface area contributed by atoms with Crippen molar-refractivity contribution in [3.05, 3.63) is 29.8 Å². The van der Waals surface area contributed by atoms with Gasteiger partial charge in [-0.2, -0.15) is 0 Å². The van der Waals surface area contributed by atoms with Crippen molar-refractivity contribution in [2.75, 3.05) is 18.5 Å². The van der Waals surface area contributed by atoms with Gasteiger partial charge in [0.2, 0.25) is 0 Å². The number of nitrogens with two attached hydrogens (primary N) is 1. The number of anilines is 1. The quantitative estimate of drug-likeness (QED) is 0.773. The molecule has 5 heteroatoms. The molecule has 1 aromatic rings. The molecular formula is C14H21N3O2. The van der Waals surface area contributed by atoms with Gasteiger partial charge in [-0.3, -0.25) is 0 Å². The monoisotopic (exact) mass is 263 g/mol. The van der Waals surface area contributed by atoms with Gasteiger partial charge in [-0.1, -0.05) is 12.1 Å². The highest BCUT2D eigenvalue weighted by atomic mass is 16.3. The summed E-state index contributed by atoms with van der Waals surface area (Å²) in [5.74, 6) is 0. The first-order chi connectivity index (χ1) is 9.24. The Morgan fingerprint density at radius 3 is 2.74 bits per heavy atom. The number of rotatable bonds is 3. The summed E-state index contributed by atoms with van der Waals surface area (Å²) in [7, 11) is 0. The summed E-state index contributed by atoms with van der Waals surface area (Å²) in [4.78, 5) is 13.9. The molecule has 2 amide bonds. The third-order valence-electron chi connectivity index (χ3n) is 3.54. The smallest absolute Gasteiger partial charge is 0.322 e. The average molecular weight is 263 g/mol. The largest absolute Gasteiger partial charge is 0.394 e. The van der Waals surface area contributed by atoms with E-state index in [9.17, 15) is 9.90 Å². The number of benzene rings is 1. The maximum absolute atomic E-state index is 12.2. The van der Waals surface area contributed by atoms with Crippen molar-refractivity contribution in [1.82, 2.24) is 4.90 Å². The van der Waals surface area contributed by atoms with Crippen LogP contribution >= 0.6 is 0 Å². The minimum absolute atomic E-state index is 0.0273. The summed E-state index contributed by atoms with van der Waals surface area (Å²) >= 11 is 0. The molecule has 0 spiro atoms. The fourth-order valence-corrected chi connectivity index (χ4v) is 2.38. The van der Waals surface area contributed by atoms with Crippen LogP contribution in [-0.2, 0) is 6.54 Å². The fraction of sp³-hybridized carbons (Fsp3) is 0.500. The summed E-state index contributed by atoms with van der Waals surface area (Å²) in [6.07, 6.45) is 2.94. The van der Waals surface area contributed by atoms with Crippen LogP contribution in [0.5, 0.6) is 0 Å². The molecule has 1 unspecified atom stereocenters. The average Bonchev–Trinajstić information content (AvgIpc) is 2.48. The molecule has 5 nitrogen and oxygen atoms in total. The van der Waals surface area contributed by atoms with E-state index in [0.29, 0.717) is 13.1 Å². The lowest BCUT2D eigenvalue weighted by atomic mass is 10.0. The lowest BCUT2D eigenvalue weighted by Crippen LogP contribution is -2.47. The van der Waals surface area contributed by atoms with Crippen LogP contribution in [0.1, 0.15) is 24.8 Å². The van der Waals surface area contributed by atoms with Crippen LogP contribution in [-0.4, -0.2) is 35.2 Å². The second-order valence-electron chi connectivity index (χ2n) is 4.86. The van der Waals surface area contributed by atoms with Gasteiger partial charge in [-0.15, -0.1) is 0 Å². The van der Waals surface area contributed by atoms with Gasteiger partial charge < -0.3 is 21.1 Å². The predicted molar refractivity (Wildman–Crippen MR) is 74.8 cm³/mol. The standard InChI is InChI=1S/C14H21N3O2/c15-9-11-4-6-12(7-5-11)16-14(19)17-8-2-1-3-13(17)10-18/h4-7,13,18H,1-3,8-10,15H2,(H,16,19). The van der Waals surface area contributed by atoms with Gasteiger partial charge in [0, 0.05) is 18.8 Å². The van der Waals surface area contributed by atoms with Crippen LogP contribution < -0.4 is 11.1 Å². The molecule has 4 N–H and O–H groups in total. The number of urea groups is 1. The van der Waals surface area contributed by atoms with Gasteiger partial charge in [-0.25, -0.2) is 4.79 Å². The highest BCUT2D eigenvalue weighted by Crippen LogP contribution is 2.18. The molecule has 0 saturated carbocycles. The number of likely N-dealkylation sites (tertiary alicyclic amines) is 1. The molecule has 1 atom stereocenters. The van der Waals surface area contributed by atoms with Gasteiger partial charge in [-0.05, 0) is 37.0 Å². The van der Waals surface area contributed by atoms with Gasteiger partial charge in [0.05, 0.1) is 12.6 Å². The van der Waals surface area contributed by atoms with Crippen molar-refractivity contribution < 1.29 is 9.90 Å². The first kappa shape index (κ1) is 13.8. The lowest BCUT2D eigenvalue weighted by molar-refractivity contribution is 0.115. The maximum Gasteiger partial charge on any atom is 0.322 e. The van der Waals surface area contributed by atoms with Crippen molar-refractivity contribution in [2.24, 2.45) is 5.73 Å². The molecule has 1 aromatic carbocycles. The van der Waals surface area contributed by atoms with Gasteiger partial charge in [0.15, 0.2) is 0 Å². The Labute approximate surface area is 113 Å². The molecule has 1 fully saturated rings. The van der Waals surface area contributed by atoms with E-state index >= 15 is 0 Å². The van der Waals surface area contributed by atoms with Crippen LogP contribution in [0.3, 0.4) is 0 Å². The summed E-state index contributed by atoms with van der Waals surface area (Å²) in [6, 6.07) is 7.29. The van der Waals surface area contributed by atoms with Crippen LogP contribution in [0.2, 0.25) is 0 Å². The molecule has 1 aliphatic rings. The highest BCUT2D eigenvalue weighted by Gasteiger charge is 2.25. The first-order valence-electron chi connectivity index (χ1n) is 6.72. The Hall–Kier alpha value is -1.59. The second kappa shape index (κ2) is 6.54. The number of amides is 2. The summed E-state index contributed by atoms with van der Waals surface area (Å²) in [6.45, 7) is 1.23. The Kier molecular flexibility index (Phi) is 4.76. The third kappa shape index (κ3) is 3.45. The third-order valence-corrected chi connectivity index (χ3v) is 3.54. The molecule has 0 aromatic heterocycles. The second-order valence-corrected chi connectivity index (χ2v) is 4.86. The van der Waals surface area contributed by atoms with Crippen molar-refractivity contribution in [3.63, 3.8) is 0 Å². The van der Waals surface area contributed by atoms with E-state index in [1.165, 1.54) is 0 Å². The zero-order valence-corrected chi connectivity index (χ0v) is 11.0. The predicted octanol–water partition coefficient (Wildman–Crippen LogP) is 1.52. The van der Waals surface area contributed by atoms with E-state index in [4.69, 9.17) is 5.73 Å². The van der Waals surface area contributed by atoms with Crippen LogP contribution in [0.25, 0.3) is 0 Å². The zero-order valence-electron chi connectivity index (χ0n) is 11.0. The number of aliphatic hydroxyl groups is 1. The lowest BCUT2D eigenvalue weighted by Gasteiger charge is -2.34. The molecule has 1 heterocycles. The van der Waals surface area contributed by atoms with Crippen molar-refractivity contribution >= 4 is 11.7 Å². The maximum atomic E-state index is 12.2. The molecule has 104 valence electrons. The summed E-state index contributed by atoms with van der Waals surface area (Å²) in [5.41, 5.74) is 7.32. The van der Waals surface area contributed by atoms with E-state index < -0.39 is 0 Å². The highest BCUT2D eigenvalue weighted by molar-refractivity contribution is 5.89. The van der Waals surface area contributed by atoms with E-state index in [1.807, 2.05) is 24.3 Å². The Bertz CT molecular complexity index is 419. The van der Waals surface area contributed by atoms with E-state index in [-0.39, 0.29) is 18.7 Å². The molecule has 19 heavy (non-hydrogen) atoms. The number of nitrogens with zero attached hydrogens (tertiary/aromatic N) is 1. The van der Waals surface area contributed by atoms with Crippen LogP contribution in [0, 0.1) is 0 Å². The van der Waals surface area contributed by atoms with Crippen molar-refractivity contribution in [1.29, 1.82) is 0 Å². The summed E-state index contributed by atoms with van der Waals surface area (Å²) in [5, 5.41) is 12.2. The molecule has 1 saturated heterocycles. The molecule has 0 aliphatic carbocycles. The normalized spacial score (nSPS) is 19.3.